The molecule has 2 aromatic carbocycles. The van der Waals surface area contributed by atoms with E-state index in [4.69, 9.17) is 17.3 Å². The van der Waals surface area contributed by atoms with Gasteiger partial charge in [0.1, 0.15) is 0 Å². The summed E-state index contributed by atoms with van der Waals surface area (Å²) in [7, 11) is 0. The lowest BCUT2D eigenvalue weighted by atomic mass is 10.1. The lowest BCUT2D eigenvalue weighted by Crippen LogP contribution is -2.10. The second kappa shape index (κ2) is 8.21. The molecule has 2 N–H and O–H groups in total. The van der Waals surface area contributed by atoms with Gasteiger partial charge in [0.25, 0.3) is 0 Å². The van der Waals surface area contributed by atoms with Gasteiger partial charge in [-0.05, 0) is 29.8 Å². The third-order valence-electron chi connectivity index (χ3n) is 3.75. The van der Waals surface area contributed by atoms with Crippen molar-refractivity contribution in [1.82, 2.24) is 14.8 Å². The lowest BCUT2D eigenvalue weighted by Gasteiger charge is -2.09. The van der Waals surface area contributed by atoms with Gasteiger partial charge < -0.3 is 5.73 Å². The highest BCUT2D eigenvalue weighted by molar-refractivity contribution is 7.98. The summed E-state index contributed by atoms with van der Waals surface area (Å²) in [5, 5.41) is 10.0. The van der Waals surface area contributed by atoms with Gasteiger partial charge in [0.05, 0.1) is 5.02 Å². The Bertz CT molecular complexity index is 937. The van der Waals surface area contributed by atoms with E-state index >= 15 is 0 Å². The van der Waals surface area contributed by atoms with Crippen LogP contribution in [0, 0.1) is 0 Å². The molecule has 0 saturated heterocycles. The fourth-order valence-electron chi connectivity index (χ4n) is 2.44. The van der Waals surface area contributed by atoms with Crippen LogP contribution in [-0.4, -0.2) is 20.7 Å². The highest BCUT2D eigenvalue weighted by Crippen LogP contribution is 2.30. The number of hydrogen-bond acceptors (Lipinski definition) is 4. The molecule has 0 unspecified atom stereocenters. The molecule has 26 heavy (non-hydrogen) atoms. The summed E-state index contributed by atoms with van der Waals surface area (Å²) >= 11 is 7.86. The van der Waals surface area contributed by atoms with Gasteiger partial charge in [-0.25, -0.2) is 0 Å². The van der Waals surface area contributed by atoms with Crippen LogP contribution >= 0.6 is 23.4 Å². The van der Waals surface area contributed by atoms with Crippen LogP contribution in [0.15, 0.2) is 66.3 Å². The number of carbonyl (C=O) groups excluding carboxylic acids is 1. The second-order valence-electron chi connectivity index (χ2n) is 5.54. The van der Waals surface area contributed by atoms with E-state index in [1.165, 1.54) is 0 Å². The van der Waals surface area contributed by atoms with Gasteiger partial charge in [0.2, 0.25) is 5.91 Å². The summed E-state index contributed by atoms with van der Waals surface area (Å²) in [6.07, 6.45) is 1.80. The predicted molar refractivity (Wildman–Crippen MR) is 105 cm³/mol. The molecular weight excluding hydrogens is 368 g/mol. The highest BCUT2D eigenvalue weighted by Gasteiger charge is 2.15. The van der Waals surface area contributed by atoms with Crippen LogP contribution in [0.3, 0.4) is 0 Å². The smallest absolute Gasteiger partial charge is 0.248 e. The maximum Gasteiger partial charge on any atom is 0.248 e. The molecule has 0 saturated carbocycles. The number of thioether (sulfide) groups is 1. The zero-order valence-corrected chi connectivity index (χ0v) is 15.5. The minimum absolute atomic E-state index is 0.431. The SMILES string of the molecule is C=CCn1c(SCc2ccc(C(N)=O)cc2)nnc1-c1ccccc1Cl. The number of aromatic nitrogens is 3. The third-order valence-corrected chi connectivity index (χ3v) is 5.12. The summed E-state index contributed by atoms with van der Waals surface area (Å²) in [5.41, 5.74) is 7.66. The minimum Gasteiger partial charge on any atom is -0.366 e. The van der Waals surface area contributed by atoms with Gasteiger partial charge in [0, 0.05) is 23.4 Å². The molecule has 0 radical (unpaired) electrons. The van der Waals surface area contributed by atoms with E-state index in [9.17, 15) is 4.79 Å². The molecule has 1 aromatic heterocycles. The molecule has 1 amide bonds. The summed E-state index contributed by atoms with van der Waals surface area (Å²) < 4.78 is 1.98. The van der Waals surface area contributed by atoms with Gasteiger partial charge in [-0.1, -0.05) is 53.7 Å². The van der Waals surface area contributed by atoms with Crippen LogP contribution in [0.5, 0.6) is 0 Å². The van der Waals surface area contributed by atoms with E-state index < -0.39 is 5.91 Å². The van der Waals surface area contributed by atoms with E-state index in [2.05, 4.69) is 16.8 Å². The molecule has 132 valence electrons. The van der Waals surface area contributed by atoms with E-state index in [1.807, 2.05) is 41.0 Å². The Hall–Kier alpha value is -2.57. The number of nitrogens with zero attached hydrogens (tertiary/aromatic N) is 3. The number of primary amides is 1. The first-order chi connectivity index (χ1) is 12.6. The largest absolute Gasteiger partial charge is 0.366 e. The average molecular weight is 385 g/mol. The van der Waals surface area contributed by atoms with Crippen LogP contribution in [-0.2, 0) is 12.3 Å². The summed E-state index contributed by atoms with van der Waals surface area (Å²) in [6.45, 7) is 4.40. The van der Waals surface area contributed by atoms with Crippen LogP contribution in [0.2, 0.25) is 5.02 Å². The van der Waals surface area contributed by atoms with Gasteiger partial charge >= 0.3 is 0 Å². The Morgan fingerprint density at radius 3 is 2.58 bits per heavy atom. The predicted octanol–water partition coefficient (Wildman–Crippen LogP) is 4.18. The van der Waals surface area contributed by atoms with Crippen molar-refractivity contribution in [1.29, 1.82) is 0 Å². The van der Waals surface area contributed by atoms with Crippen molar-refractivity contribution in [3.63, 3.8) is 0 Å². The Morgan fingerprint density at radius 2 is 1.92 bits per heavy atom. The highest BCUT2D eigenvalue weighted by atomic mass is 35.5. The Morgan fingerprint density at radius 1 is 1.19 bits per heavy atom. The topological polar surface area (TPSA) is 73.8 Å². The monoisotopic (exact) mass is 384 g/mol. The molecular formula is C19H17ClN4OS. The molecule has 1 heterocycles. The summed E-state index contributed by atoms with van der Waals surface area (Å²) in [4.78, 5) is 11.1. The van der Waals surface area contributed by atoms with Gasteiger partial charge in [-0.15, -0.1) is 16.8 Å². The maximum atomic E-state index is 11.1. The van der Waals surface area contributed by atoms with Crippen molar-refractivity contribution >= 4 is 29.3 Å². The molecule has 0 bridgehead atoms. The molecule has 3 rings (SSSR count). The first-order valence-corrected chi connectivity index (χ1v) is 9.27. The summed E-state index contributed by atoms with van der Waals surface area (Å²) in [6, 6.07) is 14.8. The number of hydrogen-bond donors (Lipinski definition) is 1. The van der Waals surface area contributed by atoms with E-state index in [-0.39, 0.29) is 0 Å². The number of benzene rings is 2. The van der Waals surface area contributed by atoms with Gasteiger partial charge in [-0.2, -0.15) is 0 Å². The van der Waals surface area contributed by atoms with Crippen molar-refractivity contribution in [3.8, 4) is 11.4 Å². The van der Waals surface area contributed by atoms with E-state index in [0.29, 0.717) is 28.7 Å². The number of nitrogens with two attached hydrogens (primary N) is 1. The molecule has 3 aromatic rings. The van der Waals surface area contributed by atoms with E-state index in [0.717, 1.165) is 16.3 Å². The van der Waals surface area contributed by atoms with Gasteiger partial charge in [0.15, 0.2) is 11.0 Å². The maximum absolute atomic E-state index is 11.1. The quantitative estimate of drug-likeness (QED) is 0.490. The molecule has 0 fully saturated rings. The first kappa shape index (κ1) is 18.2. The van der Waals surface area contributed by atoms with Crippen LogP contribution in [0.1, 0.15) is 15.9 Å². The van der Waals surface area contributed by atoms with Crippen molar-refractivity contribution < 1.29 is 4.79 Å². The zero-order chi connectivity index (χ0) is 18.5. The van der Waals surface area contributed by atoms with Gasteiger partial charge in [-0.3, -0.25) is 9.36 Å². The summed E-state index contributed by atoms with van der Waals surface area (Å²) in [5.74, 6) is 0.970. The van der Waals surface area contributed by atoms with Crippen molar-refractivity contribution in [2.75, 3.05) is 0 Å². The third kappa shape index (κ3) is 3.98. The molecule has 0 aliphatic carbocycles. The Balaban J connectivity index is 1.83. The Labute approximate surface area is 160 Å². The molecule has 7 heteroatoms. The first-order valence-electron chi connectivity index (χ1n) is 7.90. The average Bonchev–Trinajstić information content (AvgIpc) is 3.03. The van der Waals surface area contributed by atoms with E-state index in [1.54, 1.807) is 30.0 Å². The number of rotatable bonds is 7. The molecule has 0 atom stereocenters. The zero-order valence-electron chi connectivity index (χ0n) is 13.9. The number of amides is 1. The minimum atomic E-state index is -0.431. The molecule has 0 aliphatic rings. The van der Waals surface area contributed by atoms with Crippen LogP contribution in [0.4, 0.5) is 0 Å². The second-order valence-corrected chi connectivity index (χ2v) is 6.88. The standard InChI is InChI=1S/C19H17ClN4OS/c1-2-11-24-18(15-5-3-4-6-16(15)20)22-23-19(24)26-12-13-7-9-14(10-8-13)17(21)25/h2-10H,1,11-12H2,(H2,21,25). The molecule has 0 aliphatic heterocycles. The lowest BCUT2D eigenvalue weighted by molar-refractivity contribution is 0.100. The number of halogens is 1. The van der Waals surface area contributed by atoms with Crippen molar-refractivity contribution in [2.24, 2.45) is 5.73 Å². The van der Waals surface area contributed by atoms with Crippen LogP contribution < -0.4 is 5.73 Å². The fraction of sp³-hybridized carbons (Fsp3) is 0.105. The molecule has 0 spiro atoms. The normalized spacial score (nSPS) is 10.7. The van der Waals surface area contributed by atoms with Crippen molar-refractivity contribution in [3.05, 3.63) is 77.3 Å². The molecule has 5 nitrogen and oxygen atoms in total. The van der Waals surface area contributed by atoms with Crippen LogP contribution in [0.25, 0.3) is 11.4 Å². The Kier molecular flexibility index (Phi) is 5.75. The fourth-order valence-corrected chi connectivity index (χ4v) is 3.57. The number of allylic oxidation sites excluding steroid dienone is 1. The number of carbonyl (C=O) groups is 1. The van der Waals surface area contributed by atoms with Crippen molar-refractivity contribution in [2.45, 2.75) is 17.5 Å².